The van der Waals surface area contributed by atoms with Crippen LogP contribution in [0.2, 0.25) is 0 Å². The Morgan fingerprint density at radius 2 is 1.78 bits per heavy atom. The van der Waals surface area contributed by atoms with Crippen LogP contribution in [0.5, 0.6) is 0 Å². The zero-order chi connectivity index (χ0) is 13.3. The molecule has 1 aromatic heterocycles. The van der Waals surface area contributed by atoms with Crippen molar-refractivity contribution < 1.29 is 0 Å². The lowest BCUT2D eigenvalue weighted by atomic mass is 9.83. The van der Waals surface area contributed by atoms with Crippen LogP contribution < -0.4 is 5.73 Å². The predicted octanol–water partition coefficient (Wildman–Crippen LogP) is 2.51. The van der Waals surface area contributed by atoms with Crippen LogP contribution in [0.4, 0.5) is 5.69 Å². The highest BCUT2D eigenvalue weighted by Crippen LogP contribution is 2.30. The van der Waals surface area contributed by atoms with Crippen LogP contribution >= 0.6 is 0 Å². The maximum Gasteiger partial charge on any atom is 0.143 e. The number of hydrogen-bond donors (Lipinski definition) is 1. The minimum absolute atomic E-state index is 0.176. The van der Waals surface area contributed by atoms with Gasteiger partial charge < -0.3 is 10.3 Å². The van der Waals surface area contributed by atoms with E-state index < -0.39 is 0 Å². The van der Waals surface area contributed by atoms with Gasteiger partial charge >= 0.3 is 0 Å². The van der Waals surface area contributed by atoms with Crippen molar-refractivity contribution in [3.8, 4) is 0 Å². The van der Waals surface area contributed by atoms with E-state index in [0.717, 1.165) is 23.9 Å². The summed E-state index contributed by atoms with van der Waals surface area (Å²) in [4.78, 5) is 0. The second-order valence-electron chi connectivity index (χ2n) is 5.06. The summed E-state index contributed by atoms with van der Waals surface area (Å²) in [6, 6.07) is 7.96. The summed E-state index contributed by atoms with van der Waals surface area (Å²) >= 11 is 0. The summed E-state index contributed by atoms with van der Waals surface area (Å²) in [5, 5.41) is 8.52. The lowest BCUT2D eigenvalue weighted by Crippen LogP contribution is -2.24. The molecule has 2 aromatic rings. The van der Waals surface area contributed by atoms with Crippen molar-refractivity contribution in [1.29, 1.82) is 0 Å². The average molecular weight is 244 g/mol. The molecule has 0 aliphatic carbocycles. The largest absolute Gasteiger partial charge is 0.399 e. The van der Waals surface area contributed by atoms with E-state index in [2.05, 4.69) is 47.7 Å². The van der Waals surface area contributed by atoms with E-state index in [1.54, 1.807) is 0 Å². The van der Waals surface area contributed by atoms with Gasteiger partial charge in [-0.3, -0.25) is 0 Å². The lowest BCUT2D eigenvalue weighted by molar-refractivity contribution is 0.536. The van der Waals surface area contributed by atoms with Crippen molar-refractivity contribution in [2.75, 3.05) is 5.73 Å². The van der Waals surface area contributed by atoms with Crippen LogP contribution in [0.1, 0.15) is 38.0 Å². The Morgan fingerprint density at radius 3 is 2.33 bits per heavy atom. The number of nitrogens with two attached hydrogens (primary N) is 1. The van der Waals surface area contributed by atoms with Crippen molar-refractivity contribution in [1.82, 2.24) is 14.8 Å². The molecule has 0 radical (unpaired) electrons. The van der Waals surface area contributed by atoms with E-state index in [9.17, 15) is 0 Å². The molecule has 0 amide bonds. The Bertz CT molecular complexity index is 537. The lowest BCUT2D eigenvalue weighted by Gasteiger charge is -2.25. The number of benzene rings is 1. The summed E-state index contributed by atoms with van der Waals surface area (Å²) in [5.41, 5.74) is 7.53. The van der Waals surface area contributed by atoms with Gasteiger partial charge in [-0.15, -0.1) is 10.2 Å². The normalized spacial score (nSPS) is 11.8. The van der Waals surface area contributed by atoms with Crippen LogP contribution in [-0.4, -0.2) is 14.8 Å². The van der Waals surface area contributed by atoms with Crippen LogP contribution in [0.15, 0.2) is 24.3 Å². The molecule has 1 heterocycles. The number of aryl methyl sites for hydroxylation is 1. The molecule has 2 N–H and O–H groups in total. The van der Waals surface area contributed by atoms with E-state index in [1.165, 1.54) is 5.56 Å². The first-order chi connectivity index (χ1) is 8.46. The molecule has 0 bridgehead atoms. The fourth-order valence-corrected chi connectivity index (χ4v) is 2.25. The predicted molar refractivity (Wildman–Crippen MR) is 73.4 cm³/mol. The molecule has 0 aliphatic rings. The van der Waals surface area contributed by atoms with Gasteiger partial charge in [-0.05, 0) is 45.4 Å². The van der Waals surface area contributed by atoms with Crippen molar-refractivity contribution >= 4 is 5.69 Å². The highest BCUT2D eigenvalue weighted by Gasteiger charge is 2.29. The standard InChI is InChI=1S/C14H20N4/c1-5-18-10(2)16-17-13(18)14(3,4)11-6-8-12(15)9-7-11/h6-9H,5,15H2,1-4H3. The average Bonchev–Trinajstić information content (AvgIpc) is 2.71. The Hall–Kier alpha value is -1.84. The second-order valence-corrected chi connectivity index (χ2v) is 5.06. The smallest absolute Gasteiger partial charge is 0.143 e. The molecular formula is C14H20N4. The van der Waals surface area contributed by atoms with E-state index in [4.69, 9.17) is 5.73 Å². The Balaban J connectivity index is 2.50. The van der Waals surface area contributed by atoms with Crippen LogP contribution in [0, 0.1) is 6.92 Å². The minimum Gasteiger partial charge on any atom is -0.399 e. The van der Waals surface area contributed by atoms with Crippen LogP contribution in [0.25, 0.3) is 0 Å². The van der Waals surface area contributed by atoms with E-state index >= 15 is 0 Å². The Labute approximate surface area is 108 Å². The summed E-state index contributed by atoms with van der Waals surface area (Å²) in [6.45, 7) is 9.30. The fraction of sp³-hybridized carbons (Fsp3) is 0.429. The molecule has 0 unspecified atom stereocenters. The van der Waals surface area contributed by atoms with Gasteiger partial charge in [0.1, 0.15) is 11.6 Å². The number of hydrogen-bond acceptors (Lipinski definition) is 3. The summed E-state index contributed by atoms with van der Waals surface area (Å²) < 4.78 is 2.15. The van der Waals surface area contributed by atoms with Gasteiger partial charge in [-0.25, -0.2) is 0 Å². The first-order valence-corrected chi connectivity index (χ1v) is 6.23. The van der Waals surface area contributed by atoms with Gasteiger partial charge in [0.15, 0.2) is 0 Å². The number of nitrogen functional groups attached to an aromatic ring is 1. The molecule has 0 spiro atoms. The maximum atomic E-state index is 5.74. The summed E-state index contributed by atoms with van der Waals surface area (Å²) in [6.07, 6.45) is 0. The first-order valence-electron chi connectivity index (χ1n) is 6.23. The van der Waals surface area contributed by atoms with E-state index in [-0.39, 0.29) is 5.41 Å². The van der Waals surface area contributed by atoms with Gasteiger partial charge in [-0.1, -0.05) is 12.1 Å². The first kappa shape index (κ1) is 12.6. The van der Waals surface area contributed by atoms with Gasteiger partial charge in [-0.2, -0.15) is 0 Å². The Morgan fingerprint density at radius 1 is 1.17 bits per heavy atom. The molecule has 0 aliphatic heterocycles. The zero-order valence-electron chi connectivity index (χ0n) is 11.4. The van der Waals surface area contributed by atoms with Gasteiger partial charge in [0.2, 0.25) is 0 Å². The minimum atomic E-state index is -0.176. The molecule has 0 saturated heterocycles. The van der Waals surface area contributed by atoms with Gasteiger partial charge in [0.05, 0.1) is 0 Å². The second kappa shape index (κ2) is 4.44. The number of aromatic nitrogens is 3. The number of anilines is 1. The SMILES string of the molecule is CCn1c(C)nnc1C(C)(C)c1ccc(N)cc1. The monoisotopic (exact) mass is 244 g/mol. The molecule has 1 aromatic carbocycles. The molecule has 0 atom stereocenters. The quantitative estimate of drug-likeness (QED) is 0.844. The summed E-state index contributed by atoms with van der Waals surface area (Å²) in [5.74, 6) is 1.95. The number of rotatable bonds is 3. The number of nitrogens with zero attached hydrogens (tertiary/aromatic N) is 3. The zero-order valence-corrected chi connectivity index (χ0v) is 11.4. The third-order valence-electron chi connectivity index (χ3n) is 3.44. The maximum absolute atomic E-state index is 5.74. The topological polar surface area (TPSA) is 56.7 Å². The van der Waals surface area contributed by atoms with Crippen LogP contribution in [0.3, 0.4) is 0 Å². The summed E-state index contributed by atoms with van der Waals surface area (Å²) in [7, 11) is 0. The molecule has 0 saturated carbocycles. The molecular weight excluding hydrogens is 224 g/mol. The molecule has 2 rings (SSSR count). The Kier molecular flexibility index (Phi) is 3.11. The highest BCUT2D eigenvalue weighted by atomic mass is 15.3. The molecule has 18 heavy (non-hydrogen) atoms. The molecule has 0 fully saturated rings. The third kappa shape index (κ3) is 1.98. The van der Waals surface area contributed by atoms with Crippen molar-refractivity contribution in [3.05, 3.63) is 41.5 Å². The third-order valence-corrected chi connectivity index (χ3v) is 3.44. The highest BCUT2D eigenvalue weighted by molar-refractivity contribution is 5.43. The van der Waals surface area contributed by atoms with Gasteiger partial charge in [0.25, 0.3) is 0 Å². The van der Waals surface area contributed by atoms with Crippen LogP contribution in [-0.2, 0) is 12.0 Å². The van der Waals surface area contributed by atoms with Crippen molar-refractivity contribution in [2.24, 2.45) is 0 Å². The van der Waals surface area contributed by atoms with E-state index in [1.807, 2.05) is 19.1 Å². The fourth-order valence-electron chi connectivity index (χ4n) is 2.25. The van der Waals surface area contributed by atoms with Crippen molar-refractivity contribution in [2.45, 2.75) is 39.7 Å². The van der Waals surface area contributed by atoms with Crippen molar-refractivity contribution in [3.63, 3.8) is 0 Å². The molecule has 96 valence electrons. The molecule has 4 heteroatoms. The molecule has 4 nitrogen and oxygen atoms in total. The van der Waals surface area contributed by atoms with E-state index in [0.29, 0.717) is 0 Å². The van der Waals surface area contributed by atoms with Gasteiger partial charge in [0, 0.05) is 17.6 Å².